The van der Waals surface area contributed by atoms with Crippen LogP contribution in [0.2, 0.25) is 0 Å². The van der Waals surface area contributed by atoms with Gasteiger partial charge in [-0.25, -0.2) is 8.42 Å². The summed E-state index contributed by atoms with van der Waals surface area (Å²) in [6.07, 6.45) is -3.88. The number of alkyl halides is 3. The normalized spacial score (nSPS) is 16.1. The molecule has 0 saturated carbocycles. The van der Waals surface area contributed by atoms with Crippen molar-refractivity contribution in [3.05, 3.63) is 54.1 Å². The molecule has 168 valence electrons. The van der Waals surface area contributed by atoms with E-state index in [0.29, 0.717) is 12.8 Å². The van der Waals surface area contributed by atoms with E-state index in [1.165, 1.54) is 22.5 Å². The molecule has 10 heteroatoms. The van der Waals surface area contributed by atoms with Crippen molar-refractivity contribution >= 4 is 21.6 Å². The lowest BCUT2D eigenvalue weighted by Gasteiger charge is -2.30. The van der Waals surface area contributed by atoms with Gasteiger partial charge in [0.1, 0.15) is 5.75 Å². The predicted molar refractivity (Wildman–Crippen MR) is 109 cm³/mol. The third-order valence-electron chi connectivity index (χ3n) is 5.02. The SMILES string of the molecule is Cc1ccc(S(=O)(=O)N2CCC(C(=O)Nc3ccccc3OCC(F)(F)F)CC2)cc1. The number of ether oxygens (including phenoxy) is 1. The number of piperidine rings is 1. The minimum absolute atomic E-state index is 0.0763. The molecule has 6 nitrogen and oxygen atoms in total. The molecule has 1 aliphatic heterocycles. The van der Waals surface area contributed by atoms with E-state index in [0.717, 1.165) is 5.56 Å². The van der Waals surface area contributed by atoms with E-state index in [9.17, 15) is 26.4 Å². The molecule has 2 aromatic rings. The molecule has 3 rings (SSSR count). The predicted octanol–water partition coefficient (Wildman–Crippen LogP) is 3.98. The van der Waals surface area contributed by atoms with Crippen molar-refractivity contribution in [1.82, 2.24) is 4.31 Å². The van der Waals surface area contributed by atoms with Gasteiger partial charge in [-0.2, -0.15) is 17.5 Å². The Morgan fingerprint density at radius 3 is 2.32 bits per heavy atom. The fourth-order valence-electron chi connectivity index (χ4n) is 3.31. The highest BCUT2D eigenvalue weighted by atomic mass is 32.2. The molecule has 0 aliphatic carbocycles. The van der Waals surface area contributed by atoms with E-state index in [2.05, 4.69) is 5.32 Å². The average Bonchev–Trinajstić information content (AvgIpc) is 2.73. The van der Waals surface area contributed by atoms with Crippen molar-refractivity contribution in [3.8, 4) is 5.75 Å². The topological polar surface area (TPSA) is 75.7 Å². The van der Waals surface area contributed by atoms with Crippen LogP contribution < -0.4 is 10.1 Å². The number of halogens is 3. The largest absolute Gasteiger partial charge is 0.482 e. The number of hydrogen-bond donors (Lipinski definition) is 1. The molecule has 31 heavy (non-hydrogen) atoms. The maximum atomic E-state index is 12.8. The number of sulfonamides is 1. The molecule has 1 heterocycles. The summed E-state index contributed by atoms with van der Waals surface area (Å²) in [6, 6.07) is 12.5. The van der Waals surface area contributed by atoms with Gasteiger partial charge >= 0.3 is 6.18 Å². The Labute approximate surface area is 179 Å². The summed E-state index contributed by atoms with van der Waals surface area (Å²) < 4.78 is 69.0. The van der Waals surface area contributed by atoms with Crippen molar-refractivity contribution in [3.63, 3.8) is 0 Å². The smallest absolute Gasteiger partial charge is 0.422 e. The Hall–Kier alpha value is -2.59. The van der Waals surface area contributed by atoms with Crippen LogP contribution in [0.3, 0.4) is 0 Å². The third-order valence-corrected chi connectivity index (χ3v) is 6.93. The molecule has 0 radical (unpaired) electrons. The van der Waals surface area contributed by atoms with Crippen LogP contribution in [-0.4, -0.2) is 44.5 Å². The molecule has 0 atom stereocenters. The van der Waals surface area contributed by atoms with Crippen LogP contribution in [0, 0.1) is 12.8 Å². The molecule has 1 N–H and O–H groups in total. The molecule has 1 saturated heterocycles. The van der Waals surface area contributed by atoms with Gasteiger partial charge in [0.15, 0.2) is 6.61 Å². The summed E-state index contributed by atoms with van der Waals surface area (Å²) in [4.78, 5) is 12.8. The van der Waals surface area contributed by atoms with Crippen LogP contribution in [0.5, 0.6) is 5.75 Å². The molecule has 1 aliphatic rings. The number of nitrogens with one attached hydrogen (secondary N) is 1. The summed E-state index contributed by atoms with van der Waals surface area (Å²) in [5.74, 6) is -0.914. The Bertz CT molecular complexity index is 1020. The monoisotopic (exact) mass is 456 g/mol. The number of aryl methyl sites for hydroxylation is 1. The van der Waals surface area contributed by atoms with Crippen molar-refractivity contribution in [2.24, 2.45) is 5.92 Å². The molecule has 0 bridgehead atoms. The highest BCUT2D eigenvalue weighted by Gasteiger charge is 2.33. The van der Waals surface area contributed by atoms with Gasteiger partial charge in [0.25, 0.3) is 0 Å². The zero-order valence-corrected chi connectivity index (χ0v) is 17.7. The number of carbonyl (C=O) groups excluding carboxylic acids is 1. The Morgan fingerprint density at radius 2 is 1.71 bits per heavy atom. The van der Waals surface area contributed by atoms with Gasteiger partial charge < -0.3 is 10.1 Å². The van der Waals surface area contributed by atoms with Gasteiger partial charge in [-0.15, -0.1) is 0 Å². The number of anilines is 1. The number of carbonyl (C=O) groups is 1. The second-order valence-corrected chi connectivity index (χ2v) is 9.32. The Morgan fingerprint density at radius 1 is 1.10 bits per heavy atom. The van der Waals surface area contributed by atoms with Gasteiger partial charge in [-0.05, 0) is 44.0 Å². The van der Waals surface area contributed by atoms with E-state index in [1.54, 1.807) is 30.3 Å². The standard InChI is InChI=1S/C21H23F3N2O4S/c1-15-6-8-17(9-7-15)31(28,29)26-12-10-16(11-13-26)20(27)25-18-4-2-3-5-19(18)30-14-21(22,23)24/h2-9,16H,10-14H2,1H3,(H,25,27). The van der Waals surface area contributed by atoms with Gasteiger partial charge in [-0.1, -0.05) is 29.8 Å². The zero-order chi connectivity index (χ0) is 22.6. The van der Waals surface area contributed by atoms with Crippen molar-refractivity contribution in [2.75, 3.05) is 25.0 Å². The fourth-order valence-corrected chi connectivity index (χ4v) is 4.78. The number of amides is 1. The van der Waals surface area contributed by atoms with E-state index in [4.69, 9.17) is 4.74 Å². The third kappa shape index (κ3) is 5.98. The quantitative estimate of drug-likeness (QED) is 0.714. The molecule has 2 aromatic carbocycles. The number of hydrogen-bond acceptors (Lipinski definition) is 4. The fraction of sp³-hybridized carbons (Fsp3) is 0.381. The minimum Gasteiger partial charge on any atom is -0.482 e. The van der Waals surface area contributed by atoms with Crippen LogP contribution in [-0.2, 0) is 14.8 Å². The molecular weight excluding hydrogens is 433 g/mol. The second-order valence-electron chi connectivity index (χ2n) is 7.38. The van der Waals surface area contributed by atoms with Crippen LogP contribution in [0.15, 0.2) is 53.4 Å². The summed E-state index contributed by atoms with van der Waals surface area (Å²) in [6.45, 7) is 0.767. The highest BCUT2D eigenvalue weighted by Crippen LogP contribution is 2.29. The summed E-state index contributed by atoms with van der Waals surface area (Å²) in [5.41, 5.74) is 1.10. The molecule has 0 spiro atoms. The van der Waals surface area contributed by atoms with E-state index >= 15 is 0 Å². The first kappa shape index (κ1) is 23.1. The number of rotatable bonds is 6. The number of benzene rings is 2. The van der Waals surface area contributed by atoms with Crippen LogP contribution in [0.4, 0.5) is 18.9 Å². The van der Waals surface area contributed by atoms with E-state index in [1.807, 2.05) is 6.92 Å². The van der Waals surface area contributed by atoms with E-state index < -0.39 is 28.7 Å². The summed E-state index contributed by atoms with van der Waals surface area (Å²) >= 11 is 0. The first-order valence-electron chi connectivity index (χ1n) is 9.72. The summed E-state index contributed by atoms with van der Waals surface area (Å²) in [7, 11) is -3.64. The molecule has 0 aromatic heterocycles. The lowest BCUT2D eigenvalue weighted by Crippen LogP contribution is -2.41. The van der Waals surface area contributed by atoms with Crippen molar-refractivity contribution < 1.29 is 31.1 Å². The zero-order valence-electron chi connectivity index (χ0n) is 16.9. The first-order chi connectivity index (χ1) is 14.6. The second kappa shape index (κ2) is 9.27. The molecule has 0 unspecified atom stereocenters. The molecule has 1 fully saturated rings. The van der Waals surface area contributed by atoms with Gasteiger partial charge in [-0.3, -0.25) is 4.79 Å². The van der Waals surface area contributed by atoms with Crippen LogP contribution in [0.1, 0.15) is 18.4 Å². The molecule has 1 amide bonds. The lowest BCUT2D eigenvalue weighted by atomic mass is 9.97. The van der Waals surface area contributed by atoms with E-state index in [-0.39, 0.29) is 35.3 Å². The van der Waals surface area contributed by atoms with Crippen molar-refractivity contribution in [1.29, 1.82) is 0 Å². The maximum Gasteiger partial charge on any atom is 0.422 e. The highest BCUT2D eigenvalue weighted by molar-refractivity contribution is 7.89. The van der Waals surface area contributed by atoms with Gasteiger partial charge in [0, 0.05) is 19.0 Å². The van der Waals surface area contributed by atoms with Gasteiger partial charge in [0.05, 0.1) is 10.6 Å². The summed E-state index contributed by atoms with van der Waals surface area (Å²) in [5, 5.41) is 2.61. The maximum absolute atomic E-state index is 12.8. The van der Waals surface area contributed by atoms with Crippen LogP contribution in [0.25, 0.3) is 0 Å². The number of para-hydroxylation sites is 2. The lowest BCUT2D eigenvalue weighted by molar-refractivity contribution is -0.153. The first-order valence-corrected chi connectivity index (χ1v) is 11.2. The average molecular weight is 456 g/mol. The number of nitrogens with zero attached hydrogens (tertiary/aromatic N) is 1. The Kier molecular flexibility index (Phi) is 6.90. The minimum atomic E-state index is -4.49. The molecular formula is C21H23F3N2O4S. The Balaban J connectivity index is 1.60. The van der Waals surface area contributed by atoms with Crippen molar-refractivity contribution in [2.45, 2.75) is 30.8 Å². The van der Waals surface area contributed by atoms with Crippen LogP contribution >= 0.6 is 0 Å². The van der Waals surface area contributed by atoms with Gasteiger partial charge in [0.2, 0.25) is 15.9 Å².